The summed E-state index contributed by atoms with van der Waals surface area (Å²) in [7, 11) is 1.86. The highest BCUT2D eigenvalue weighted by Gasteiger charge is 2.32. The highest BCUT2D eigenvalue weighted by Crippen LogP contribution is 2.29. The summed E-state index contributed by atoms with van der Waals surface area (Å²) in [6.45, 7) is 4.77. The van der Waals surface area contributed by atoms with Gasteiger partial charge in [0.2, 0.25) is 5.91 Å². The topological polar surface area (TPSA) is 46.3 Å². The summed E-state index contributed by atoms with van der Waals surface area (Å²) < 4.78 is 0. The third kappa shape index (κ3) is 2.98. The molecule has 0 aromatic rings. The minimum atomic E-state index is -0.668. The van der Waals surface area contributed by atoms with Gasteiger partial charge in [-0.25, -0.2) is 0 Å². The Bertz CT molecular complexity index is 209. The Morgan fingerprint density at radius 3 is 2.57 bits per heavy atom. The van der Waals surface area contributed by atoms with E-state index in [4.69, 9.17) is 5.73 Å². The third-order valence-electron chi connectivity index (χ3n) is 2.83. The summed E-state index contributed by atoms with van der Waals surface area (Å²) in [5, 5.41) is 0. The van der Waals surface area contributed by atoms with Crippen molar-refractivity contribution in [2.24, 2.45) is 11.7 Å². The Kier molecular flexibility index (Phi) is 3.53. The highest BCUT2D eigenvalue weighted by molar-refractivity contribution is 5.85. The van der Waals surface area contributed by atoms with E-state index in [1.807, 2.05) is 14.0 Å². The van der Waals surface area contributed by atoms with Crippen molar-refractivity contribution in [2.75, 3.05) is 13.6 Å². The molecular weight excluding hydrogens is 176 g/mol. The van der Waals surface area contributed by atoms with E-state index in [2.05, 4.69) is 6.92 Å². The van der Waals surface area contributed by atoms with Crippen LogP contribution in [-0.4, -0.2) is 29.9 Å². The van der Waals surface area contributed by atoms with Crippen molar-refractivity contribution >= 4 is 5.91 Å². The number of carbonyl (C=O) groups excluding carboxylic acids is 1. The van der Waals surface area contributed by atoms with Crippen LogP contribution in [-0.2, 0) is 4.79 Å². The first kappa shape index (κ1) is 11.5. The van der Waals surface area contributed by atoms with Crippen molar-refractivity contribution in [2.45, 2.75) is 45.1 Å². The monoisotopic (exact) mass is 198 g/mol. The molecule has 14 heavy (non-hydrogen) atoms. The molecule has 1 aliphatic rings. The summed E-state index contributed by atoms with van der Waals surface area (Å²) in [5.41, 5.74) is 5.31. The molecule has 2 N–H and O–H groups in total. The molecule has 0 heterocycles. The zero-order chi connectivity index (χ0) is 10.8. The molecular formula is C11H22N2O. The van der Waals surface area contributed by atoms with Crippen LogP contribution in [0.15, 0.2) is 0 Å². The number of likely N-dealkylation sites (N-methyl/N-ethyl adjacent to an activating group) is 1. The average Bonchev–Trinajstić information content (AvgIpc) is 2.86. The molecule has 1 amide bonds. The van der Waals surface area contributed by atoms with E-state index in [9.17, 15) is 4.79 Å². The SMILES string of the molecule is CCCC(C)(N)C(=O)N(C)CC1CC1. The lowest BCUT2D eigenvalue weighted by Gasteiger charge is -2.29. The zero-order valence-corrected chi connectivity index (χ0v) is 9.55. The van der Waals surface area contributed by atoms with Gasteiger partial charge in [0.05, 0.1) is 5.54 Å². The molecule has 0 aliphatic heterocycles. The second-order valence-corrected chi connectivity index (χ2v) is 4.80. The van der Waals surface area contributed by atoms with E-state index in [0.29, 0.717) is 0 Å². The van der Waals surface area contributed by atoms with Gasteiger partial charge in [0.1, 0.15) is 0 Å². The van der Waals surface area contributed by atoms with E-state index in [1.165, 1.54) is 12.8 Å². The maximum atomic E-state index is 11.9. The number of rotatable bonds is 5. The number of amides is 1. The van der Waals surface area contributed by atoms with Crippen LogP contribution in [0, 0.1) is 5.92 Å². The lowest BCUT2D eigenvalue weighted by atomic mass is 9.96. The van der Waals surface area contributed by atoms with Crippen molar-refractivity contribution in [1.82, 2.24) is 4.90 Å². The number of nitrogens with zero attached hydrogens (tertiary/aromatic N) is 1. The first-order valence-corrected chi connectivity index (χ1v) is 5.52. The van der Waals surface area contributed by atoms with Crippen LogP contribution in [0.4, 0.5) is 0 Å². The molecule has 1 rings (SSSR count). The Morgan fingerprint density at radius 2 is 2.14 bits per heavy atom. The fourth-order valence-electron chi connectivity index (χ4n) is 1.83. The second kappa shape index (κ2) is 4.30. The second-order valence-electron chi connectivity index (χ2n) is 4.80. The summed E-state index contributed by atoms with van der Waals surface area (Å²) in [6.07, 6.45) is 4.26. The number of nitrogens with two attached hydrogens (primary N) is 1. The smallest absolute Gasteiger partial charge is 0.242 e. The van der Waals surface area contributed by atoms with Crippen LogP contribution in [0.2, 0.25) is 0 Å². The Morgan fingerprint density at radius 1 is 1.57 bits per heavy atom. The molecule has 1 saturated carbocycles. The molecule has 0 bridgehead atoms. The van der Waals surface area contributed by atoms with Crippen LogP contribution in [0.3, 0.4) is 0 Å². The standard InChI is InChI=1S/C11H22N2O/c1-4-7-11(2,12)10(14)13(3)8-9-5-6-9/h9H,4-8,12H2,1-3H3. The van der Waals surface area contributed by atoms with Gasteiger partial charge in [0, 0.05) is 13.6 Å². The van der Waals surface area contributed by atoms with Gasteiger partial charge >= 0.3 is 0 Å². The predicted molar refractivity (Wildman–Crippen MR) is 57.9 cm³/mol. The van der Waals surface area contributed by atoms with Gasteiger partial charge in [-0.1, -0.05) is 13.3 Å². The first-order chi connectivity index (χ1) is 6.47. The van der Waals surface area contributed by atoms with Crippen LogP contribution in [0.5, 0.6) is 0 Å². The lowest BCUT2D eigenvalue weighted by Crippen LogP contribution is -2.52. The van der Waals surface area contributed by atoms with Gasteiger partial charge in [-0.3, -0.25) is 4.79 Å². The van der Waals surface area contributed by atoms with E-state index in [-0.39, 0.29) is 5.91 Å². The normalized spacial score (nSPS) is 20.3. The quantitative estimate of drug-likeness (QED) is 0.725. The van der Waals surface area contributed by atoms with Gasteiger partial charge in [0.15, 0.2) is 0 Å². The van der Waals surface area contributed by atoms with Crippen LogP contribution in [0.1, 0.15) is 39.5 Å². The van der Waals surface area contributed by atoms with Crippen molar-refractivity contribution in [1.29, 1.82) is 0 Å². The van der Waals surface area contributed by atoms with E-state index in [1.54, 1.807) is 4.90 Å². The molecule has 0 aromatic carbocycles. The Hall–Kier alpha value is -0.570. The van der Waals surface area contributed by atoms with Crippen molar-refractivity contribution in [3.8, 4) is 0 Å². The summed E-state index contributed by atoms with van der Waals surface area (Å²) in [4.78, 5) is 13.7. The van der Waals surface area contributed by atoms with Crippen LogP contribution >= 0.6 is 0 Å². The third-order valence-corrected chi connectivity index (χ3v) is 2.83. The zero-order valence-electron chi connectivity index (χ0n) is 9.55. The molecule has 3 nitrogen and oxygen atoms in total. The van der Waals surface area contributed by atoms with Gasteiger partial charge in [0.25, 0.3) is 0 Å². The Balaban J connectivity index is 2.43. The van der Waals surface area contributed by atoms with Crippen molar-refractivity contribution in [3.05, 3.63) is 0 Å². The minimum absolute atomic E-state index is 0.0891. The number of carbonyl (C=O) groups is 1. The number of hydrogen-bond acceptors (Lipinski definition) is 2. The van der Waals surface area contributed by atoms with Gasteiger partial charge in [-0.05, 0) is 32.1 Å². The molecule has 0 radical (unpaired) electrons. The average molecular weight is 198 g/mol. The van der Waals surface area contributed by atoms with E-state index in [0.717, 1.165) is 25.3 Å². The molecule has 1 atom stereocenters. The molecule has 1 unspecified atom stereocenters. The predicted octanol–water partition coefficient (Wildman–Crippen LogP) is 1.37. The molecule has 3 heteroatoms. The van der Waals surface area contributed by atoms with Crippen LogP contribution in [0.25, 0.3) is 0 Å². The van der Waals surface area contributed by atoms with E-state index < -0.39 is 5.54 Å². The molecule has 1 fully saturated rings. The number of hydrogen-bond donors (Lipinski definition) is 1. The maximum Gasteiger partial charge on any atom is 0.242 e. The van der Waals surface area contributed by atoms with Crippen molar-refractivity contribution < 1.29 is 4.79 Å². The molecule has 0 spiro atoms. The summed E-state index contributed by atoms with van der Waals surface area (Å²) in [5.74, 6) is 0.827. The molecule has 82 valence electrons. The largest absolute Gasteiger partial charge is 0.344 e. The Labute approximate surface area is 86.6 Å². The van der Waals surface area contributed by atoms with Gasteiger partial charge in [-0.15, -0.1) is 0 Å². The molecule has 0 saturated heterocycles. The highest BCUT2D eigenvalue weighted by atomic mass is 16.2. The molecule has 1 aliphatic carbocycles. The van der Waals surface area contributed by atoms with Gasteiger partial charge < -0.3 is 10.6 Å². The van der Waals surface area contributed by atoms with Gasteiger partial charge in [-0.2, -0.15) is 0 Å². The minimum Gasteiger partial charge on any atom is -0.344 e. The van der Waals surface area contributed by atoms with E-state index >= 15 is 0 Å². The lowest BCUT2D eigenvalue weighted by molar-refractivity contribution is -0.135. The maximum absolute atomic E-state index is 11.9. The first-order valence-electron chi connectivity index (χ1n) is 5.52. The summed E-state index contributed by atoms with van der Waals surface area (Å²) >= 11 is 0. The van der Waals surface area contributed by atoms with Crippen LogP contribution < -0.4 is 5.73 Å². The van der Waals surface area contributed by atoms with Crippen molar-refractivity contribution in [3.63, 3.8) is 0 Å². The fourth-order valence-corrected chi connectivity index (χ4v) is 1.83. The summed E-state index contributed by atoms with van der Waals surface area (Å²) in [6, 6.07) is 0. The fraction of sp³-hybridized carbons (Fsp3) is 0.909. The molecule has 0 aromatic heterocycles.